The number of benzene rings is 2. The van der Waals surface area contributed by atoms with Gasteiger partial charge in [0, 0.05) is 6.21 Å². The van der Waals surface area contributed by atoms with Crippen molar-refractivity contribution in [2.75, 3.05) is 20.8 Å². The van der Waals surface area contributed by atoms with Gasteiger partial charge in [-0.2, -0.15) is 0 Å². The summed E-state index contributed by atoms with van der Waals surface area (Å²) in [6.45, 7) is -0.0904. The van der Waals surface area contributed by atoms with Gasteiger partial charge in [0.25, 0.3) is 0 Å². The van der Waals surface area contributed by atoms with Crippen molar-refractivity contribution in [1.82, 2.24) is 0 Å². The molecule has 0 aromatic heterocycles. The van der Waals surface area contributed by atoms with E-state index < -0.39 is 0 Å². The fraction of sp³-hybridized carbons (Fsp3) is 0.235. The largest absolute Gasteiger partial charge is 0.502 e. The minimum absolute atomic E-state index is 0.0519. The lowest BCUT2D eigenvalue weighted by atomic mass is 10.1. The van der Waals surface area contributed by atoms with Gasteiger partial charge in [0.2, 0.25) is 5.75 Å². The maximum atomic E-state index is 9.88. The molecule has 0 saturated heterocycles. The van der Waals surface area contributed by atoms with E-state index >= 15 is 0 Å². The molecule has 0 aliphatic heterocycles. The van der Waals surface area contributed by atoms with Gasteiger partial charge >= 0.3 is 0 Å². The van der Waals surface area contributed by atoms with Crippen LogP contribution < -0.4 is 9.47 Å². The van der Waals surface area contributed by atoms with Crippen LogP contribution in [0.4, 0.5) is 0 Å². The number of ether oxygens (including phenoxy) is 2. The molecule has 0 amide bonds. The molecule has 116 valence electrons. The Morgan fingerprint density at radius 3 is 2.18 bits per heavy atom. The number of nitrogens with zero attached hydrogens (tertiary/aromatic N) is 1. The Bertz CT molecular complexity index is 615. The molecule has 5 nitrogen and oxygen atoms in total. The lowest BCUT2D eigenvalue weighted by Crippen LogP contribution is -2.01. The first-order valence-electron chi connectivity index (χ1n) is 6.83. The summed E-state index contributed by atoms with van der Waals surface area (Å²) >= 11 is 0. The van der Waals surface area contributed by atoms with Gasteiger partial charge in [0.05, 0.1) is 26.9 Å². The van der Waals surface area contributed by atoms with Crippen molar-refractivity contribution >= 4 is 6.21 Å². The second kappa shape index (κ2) is 7.47. The lowest BCUT2D eigenvalue weighted by molar-refractivity contribution is 0.269. The summed E-state index contributed by atoms with van der Waals surface area (Å²) in [6.07, 6.45) is 1.62. The number of aliphatic hydroxyl groups excluding tert-OH is 1. The Kier molecular flexibility index (Phi) is 5.38. The molecule has 1 unspecified atom stereocenters. The minimum Gasteiger partial charge on any atom is -0.502 e. The SMILES string of the molecule is COc1cc(/C=N/C(CO)c2ccccc2)cc(OC)c1O. The molecule has 0 saturated carbocycles. The number of aromatic hydroxyl groups is 1. The standard InChI is InChI=1S/C17H19NO4/c1-21-15-8-12(9-16(22-2)17(15)20)10-18-14(11-19)13-6-4-3-5-7-13/h3-10,14,19-20H,11H2,1-2H3/b18-10+. The first kappa shape index (κ1) is 15.9. The number of aliphatic hydroxyl groups is 1. The highest BCUT2D eigenvalue weighted by molar-refractivity contribution is 5.82. The molecule has 5 heteroatoms. The average Bonchev–Trinajstić information content (AvgIpc) is 2.57. The number of rotatable bonds is 6. The van der Waals surface area contributed by atoms with Crippen molar-refractivity contribution in [3.05, 3.63) is 53.6 Å². The third kappa shape index (κ3) is 3.56. The number of methoxy groups -OCH3 is 2. The Morgan fingerprint density at radius 1 is 1.09 bits per heavy atom. The molecular weight excluding hydrogens is 282 g/mol. The van der Waals surface area contributed by atoms with Crippen molar-refractivity contribution in [2.24, 2.45) is 4.99 Å². The van der Waals surface area contributed by atoms with Gasteiger partial charge < -0.3 is 19.7 Å². The van der Waals surface area contributed by atoms with Gasteiger partial charge in [-0.1, -0.05) is 30.3 Å². The van der Waals surface area contributed by atoms with E-state index in [1.54, 1.807) is 18.3 Å². The van der Waals surface area contributed by atoms with E-state index in [0.29, 0.717) is 17.1 Å². The Hall–Kier alpha value is -2.53. The number of phenolic OH excluding ortho intramolecular Hbond substituents is 1. The van der Waals surface area contributed by atoms with Gasteiger partial charge in [-0.15, -0.1) is 0 Å². The van der Waals surface area contributed by atoms with Crippen molar-refractivity contribution < 1.29 is 19.7 Å². The highest BCUT2D eigenvalue weighted by Gasteiger charge is 2.11. The normalized spacial score (nSPS) is 12.3. The predicted molar refractivity (Wildman–Crippen MR) is 85.1 cm³/mol. The van der Waals surface area contributed by atoms with Crippen LogP contribution in [0, 0.1) is 0 Å². The molecule has 0 fully saturated rings. The number of hydrogen-bond acceptors (Lipinski definition) is 5. The summed E-state index contributed by atoms with van der Waals surface area (Å²) in [4.78, 5) is 4.40. The van der Waals surface area contributed by atoms with Crippen LogP contribution in [0.3, 0.4) is 0 Å². The number of hydrogen-bond donors (Lipinski definition) is 2. The van der Waals surface area contributed by atoms with Crippen LogP contribution in [0.2, 0.25) is 0 Å². The lowest BCUT2D eigenvalue weighted by Gasteiger charge is -2.11. The van der Waals surface area contributed by atoms with Gasteiger partial charge in [0.15, 0.2) is 11.5 Å². The molecule has 0 heterocycles. The number of aliphatic imine (C=N–C) groups is 1. The maximum Gasteiger partial charge on any atom is 0.200 e. The van der Waals surface area contributed by atoms with Crippen LogP contribution in [0.5, 0.6) is 17.2 Å². The summed E-state index contributed by atoms with van der Waals surface area (Å²) in [5, 5.41) is 19.4. The van der Waals surface area contributed by atoms with Crippen molar-refractivity contribution in [3.8, 4) is 17.2 Å². The fourth-order valence-corrected chi connectivity index (χ4v) is 2.08. The quantitative estimate of drug-likeness (QED) is 0.804. The second-order valence-corrected chi connectivity index (χ2v) is 4.66. The molecular formula is C17H19NO4. The van der Waals surface area contributed by atoms with Crippen molar-refractivity contribution in [2.45, 2.75) is 6.04 Å². The van der Waals surface area contributed by atoms with Gasteiger partial charge in [0.1, 0.15) is 0 Å². The van der Waals surface area contributed by atoms with Crippen LogP contribution in [-0.2, 0) is 0 Å². The van der Waals surface area contributed by atoms with E-state index in [2.05, 4.69) is 4.99 Å². The molecule has 2 aromatic rings. The summed E-state index contributed by atoms with van der Waals surface area (Å²) in [5.41, 5.74) is 1.64. The number of phenols is 1. The summed E-state index contributed by atoms with van der Waals surface area (Å²) in [6, 6.07) is 12.5. The van der Waals surface area contributed by atoms with Crippen molar-refractivity contribution in [3.63, 3.8) is 0 Å². The molecule has 0 aliphatic carbocycles. The van der Waals surface area contributed by atoms with E-state index in [1.165, 1.54) is 14.2 Å². The van der Waals surface area contributed by atoms with E-state index in [-0.39, 0.29) is 18.4 Å². The van der Waals surface area contributed by atoms with E-state index in [0.717, 1.165) is 5.56 Å². The van der Waals surface area contributed by atoms with Crippen LogP contribution in [0.25, 0.3) is 0 Å². The Labute approximate surface area is 129 Å². The minimum atomic E-state index is -0.341. The zero-order chi connectivity index (χ0) is 15.9. The zero-order valence-corrected chi connectivity index (χ0v) is 12.6. The predicted octanol–water partition coefficient (Wildman–Crippen LogP) is 2.56. The highest BCUT2D eigenvalue weighted by atomic mass is 16.5. The first-order valence-corrected chi connectivity index (χ1v) is 6.83. The zero-order valence-electron chi connectivity index (χ0n) is 12.6. The molecule has 2 aromatic carbocycles. The van der Waals surface area contributed by atoms with Crippen LogP contribution in [-0.4, -0.2) is 37.3 Å². The van der Waals surface area contributed by atoms with Gasteiger partial charge in [-0.3, -0.25) is 4.99 Å². The van der Waals surface area contributed by atoms with Crippen molar-refractivity contribution in [1.29, 1.82) is 0 Å². The highest BCUT2D eigenvalue weighted by Crippen LogP contribution is 2.36. The smallest absolute Gasteiger partial charge is 0.200 e. The molecule has 0 bridgehead atoms. The van der Waals surface area contributed by atoms with E-state index in [9.17, 15) is 10.2 Å². The second-order valence-electron chi connectivity index (χ2n) is 4.66. The van der Waals surface area contributed by atoms with Crippen LogP contribution in [0.15, 0.2) is 47.5 Å². The Morgan fingerprint density at radius 2 is 1.68 bits per heavy atom. The third-order valence-electron chi connectivity index (χ3n) is 3.26. The molecule has 0 spiro atoms. The van der Waals surface area contributed by atoms with Gasteiger partial charge in [-0.25, -0.2) is 0 Å². The average molecular weight is 301 g/mol. The molecule has 2 N–H and O–H groups in total. The van der Waals surface area contributed by atoms with Gasteiger partial charge in [-0.05, 0) is 23.3 Å². The first-order chi connectivity index (χ1) is 10.7. The summed E-state index contributed by atoms with van der Waals surface area (Å²) < 4.78 is 10.2. The van der Waals surface area contributed by atoms with E-state index in [1.807, 2.05) is 30.3 Å². The molecule has 0 radical (unpaired) electrons. The topological polar surface area (TPSA) is 71.3 Å². The fourth-order valence-electron chi connectivity index (χ4n) is 2.08. The van der Waals surface area contributed by atoms with E-state index in [4.69, 9.17) is 9.47 Å². The monoisotopic (exact) mass is 301 g/mol. The summed E-state index contributed by atoms with van der Waals surface area (Å²) in [5.74, 6) is 0.561. The Balaban J connectivity index is 2.29. The summed E-state index contributed by atoms with van der Waals surface area (Å²) in [7, 11) is 2.94. The molecule has 22 heavy (non-hydrogen) atoms. The molecule has 2 rings (SSSR count). The maximum absolute atomic E-state index is 9.88. The molecule has 1 atom stereocenters. The third-order valence-corrected chi connectivity index (χ3v) is 3.26. The molecule has 0 aliphatic rings. The van der Waals surface area contributed by atoms with Crippen LogP contribution in [0.1, 0.15) is 17.2 Å². The van der Waals surface area contributed by atoms with Crippen LogP contribution >= 0.6 is 0 Å².